The average Bonchev–Trinajstić information content (AvgIpc) is 2.69. The van der Waals surface area contributed by atoms with E-state index >= 15 is 0 Å². The fourth-order valence-electron chi connectivity index (χ4n) is 1.92. The van der Waals surface area contributed by atoms with Crippen molar-refractivity contribution in [3.8, 4) is 0 Å². The largest absolute Gasteiger partial charge is 0.310 e. The Morgan fingerprint density at radius 2 is 1.86 bits per heavy atom. The van der Waals surface area contributed by atoms with Crippen LogP contribution in [-0.4, -0.2) is 15.8 Å². The van der Waals surface area contributed by atoms with E-state index in [-0.39, 0.29) is 10.9 Å². The number of halogens is 2. The maximum atomic E-state index is 14.1. The van der Waals surface area contributed by atoms with Crippen LogP contribution in [0.4, 0.5) is 8.78 Å². The Morgan fingerprint density at radius 1 is 1.24 bits per heavy atom. The molecule has 0 bridgehead atoms. The van der Waals surface area contributed by atoms with Crippen molar-refractivity contribution in [1.29, 1.82) is 0 Å². The van der Waals surface area contributed by atoms with Crippen LogP contribution in [0.5, 0.6) is 0 Å². The molecule has 0 atom stereocenters. The van der Waals surface area contributed by atoms with Crippen molar-refractivity contribution in [3.05, 3.63) is 41.1 Å². The number of benzene rings is 1. The summed E-state index contributed by atoms with van der Waals surface area (Å²) in [5.41, 5.74) is 1.42. The van der Waals surface area contributed by atoms with E-state index in [2.05, 4.69) is 10.4 Å². The number of hydrogen-bond acceptors (Lipinski definition) is 3. The normalized spacial score (nSPS) is 11.4. The monoisotopic (exact) mass is 311 g/mol. The summed E-state index contributed by atoms with van der Waals surface area (Å²) in [4.78, 5) is 0.00583. The SMILES string of the molecule is Cc1cc(Sc2c(F)cc(CNC(C)C)cc2F)n(C)n1. The molecule has 6 heteroatoms. The molecule has 3 nitrogen and oxygen atoms in total. The van der Waals surface area contributed by atoms with Crippen LogP contribution in [0.15, 0.2) is 28.1 Å². The van der Waals surface area contributed by atoms with E-state index in [0.29, 0.717) is 17.1 Å². The molecule has 21 heavy (non-hydrogen) atoms. The van der Waals surface area contributed by atoms with Gasteiger partial charge in [0.15, 0.2) is 0 Å². The van der Waals surface area contributed by atoms with E-state index in [4.69, 9.17) is 0 Å². The maximum absolute atomic E-state index is 14.1. The Labute approximate surface area is 127 Å². The summed E-state index contributed by atoms with van der Waals surface area (Å²) in [6.07, 6.45) is 0. The highest BCUT2D eigenvalue weighted by molar-refractivity contribution is 7.99. The molecule has 0 unspecified atom stereocenters. The maximum Gasteiger partial charge on any atom is 0.140 e. The lowest BCUT2D eigenvalue weighted by Crippen LogP contribution is -2.22. The third kappa shape index (κ3) is 4.04. The lowest BCUT2D eigenvalue weighted by atomic mass is 10.2. The zero-order chi connectivity index (χ0) is 15.6. The van der Waals surface area contributed by atoms with E-state index in [0.717, 1.165) is 17.5 Å². The van der Waals surface area contributed by atoms with E-state index < -0.39 is 11.6 Å². The Kier molecular flexibility index (Phi) is 5.00. The molecule has 1 heterocycles. The number of aryl methyl sites for hydroxylation is 2. The second-order valence-electron chi connectivity index (χ2n) is 5.27. The molecule has 1 N–H and O–H groups in total. The first-order chi connectivity index (χ1) is 9.86. The van der Waals surface area contributed by atoms with Gasteiger partial charge in [-0.25, -0.2) is 8.78 Å². The van der Waals surface area contributed by atoms with Crippen LogP contribution in [0.1, 0.15) is 25.1 Å². The lowest BCUT2D eigenvalue weighted by Gasteiger charge is -2.10. The summed E-state index contributed by atoms with van der Waals surface area (Å²) < 4.78 is 29.9. The van der Waals surface area contributed by atoms with Crippen molar-refractivity contribution in [2.45, 2.75) is 43.3 Å². The van der Waals surface area contributed by atoms with Crippen molar-refractivity contribution < 1.29 is 8.78 Å². The summed E-state index contributed by atoms with van der Waals surface area (Å²) in [6, 6.07) is 4.83. The first kappa shape index (κ1) is 16.0. The second-order valence-corrected chi connectivity index (χ2v) is 6.30. The zero-order valence-electron chi connectivity index (χ0n) is 12.6. The minimum absolute atomic E-state index is 0.00583. The first-order valence-corrected chi connectivity index (χ1v) is 7.58. The molecule has 1 aromatic carbocycles. The second kappa shape index (κ2) is 6.58. The fraction of sp³-hybridized carbons (Fsp3) is 0.400. The summed E-state index contributed by atoms with van der Waals surface area (Å²) in [7, 11) is 1.76. The quantitative estimate of drug-likeness (QED) is 0.914. The highest BCUT2D eigenvalue weighted by Gasteiger charge is 2.15. The van der Waals surface area contributed by atoms with Crippen molar-refractivity contribution in [2.75, 3.05) is 0 Å². The van der Waals surface area contributed by atoms with Crippen LogP contribution in [0.25, 0.3) is 0 Å². The molecular formula is C15H19F2N3S. The van der Waals surface area contributed by atoms with Gasteiger partial charge in [0.1, 0.15) is 11.6 Å². The summed E-state index contributed by atoms with van der Waals surface area (Å²) in [5, 5.41) is 8.02. The third-order valence-electron chi connectivity index (χ3n) is 2.94. The minimum atomic E-state index is -0.542. The van der Waals surface area contributed by atoms with Crippen LogP contribution in [0, 0.1) is 18.6 Å². The summed E-state index contributed by atoms with van der Waals surface area (Å²) in [6.45, 7) is 6.27. The molecule has 2 aromatic rings. The Hall–Kier alpha value is -1.40. The van der Waals surface area contributed by atoms with Gasteiger partial charge in [-0.05, 0) is 30.7 Å². The molecule has 0 saturated carbocycles. The van der Waals surface area contributed by atoms with Gasteiger partial charge in [0.05, 0.1) is 15.6 Å². The van der Waals surface area contributed by atoms with Gasteiger partial charge in [0, 0.05) is 19.6 Å². The van der Waals surface area contributed by atoms with Gasteiger partial charge in [-0.15, -0.1) is 0 Å². The molecular weight excluding hydrogens is 292 g/mol. The Morgan fingerprint density at radius 3 is 2.33 bits per heavy atom. The van der Waals surface area contributed by atoms with E-state index in [1.165, 1.54) is 12.1 Å². The van der Waals surface area contributed by atoms with Crippen molar-refractivity contribution >= 4 is 11.8 Å². The molecule has 114 valence electrons. The fourth-order valence-corrected chi connectivity index (χ4v) is 2.85. The molecule has 0 amide bonds. The molecule has 0 aliphatic rings. The standard InChI is InChI=1S/C15H19F2N3S/c1-9(2)18-8-11-6-12(16)15(13(17)7-11)21-14-5-10(3)19-20(14)4/h5-7,9,18H,8H2,1-4H3. The molecule has 0 aliphatic carbocycles. The van der Waals surface area contributed by atoms with Crippen molar-refractivity contribution in [1.82, 2.24) is 15.1 Å². The molecule has 1 aromatic heterocycles. The van der Waals surface area contributed by atoms with E-state index in [9.17, 15) is 8.78 Å². The topological polar surface area (TPSA) is 29.9 Å². The van der Waals surface area contributed by atoms with Crippen LogP contribution in [0.3, 0.4) is 0 Å². The van der Waals surface area contributed by atoms with Crippen molar-refractivity contribution in [2.24, 2.45) is 7.05 Å². The third-order valence-corrected chi connectivity index (χ3v) is 4.12. The Balaban J connectivity index is 2.22. The van der Waals surface area contributed by atoms with Gasteiger partial charge in [0.25, 0.3) is 0 Å². The smallest absolute Gasteiger partial charge is 0.140 e. The summed E-state index contributed by atoms with van der Waals surface area (Å²) in [5.74, 6) is -1.08. The van der Waals surface area contributed by atoms with Crippen LogP contribution < -0.4 is 5.32 Å². The van der Waals surface area contributed by atoms with Crippen LogP contribution >= 0.6 is 11.8 Å². The highest BCUT2D eigenvalue weighted by Crippen LogP contribution is 2.32. The molecule has 0 radical (unpaired) electrons. The van der Waals surface area contributed by atoms with Gasteiger partial charge in [-0.1, -0.05) is 25.6 Å². The average molecular weight is 311 g/mol. The molecule has 2 rings (SSSR count). The number of rotatable bonds is 5. The molecule has 0 fully saturated rings. The minimum Gasteiger partial charge on any atom is -0.310 e. The van der Waals surface area contributed by atoms with Gasteiger partial charge < -0.3 is 5.32 Å². The lowest BCUT2D eigenvalue weighted by molar-refractivity contribution is 0.528. The summed E-state index contributed by atoms with van der Waals surface area (Å²) >= 11 is 1.05. The zero-order valence-corrected chi connectivity index (χ0v) is 13.4. The highest BCUT2D eigenvalue weighted by atomic mass is 32.2. The van der Waals surface area contributed by atoms with Gasteiger partial charge in [0.2, 0.25) is 0 Å². The van der Waals surface area contributed by atoms with Gasteiger partial charge >= 0.3 is 0 Å². The Bertz CT molecular complexity index is 615. The van der Waals surface area contributed by atoms with Crippen molar-refractivity contribution in [3.63, 3.8) is 0 Å². The van der Waals surface area contributed by atoms with Crippen LogP contribution in [-0.2, 0) is 13.6 Å². The number of nitrogens with one attached hydrogen (secondary N) is 1. The van der Waals surface area contributed by atoms with Crippen LogP contribution in [0.2, 0.25) is 0 Å². The van der Waals surface area contributed by atoms with E-state index in [1.807, 2.05) is 20.8 Å². The first-order valence-electron chi connectivity index (χ1n) is 6.76. The predicted octanol–water partition coefficient (Wildman–Crippen LogP) is 3.66. The number of hydrogen-bond donors (Lipinski definition) is 1. The number of nitrogens with zero attached hydrogens (tertiary/aromatic N) is 2. The predicted molar refractivity (Wildman–Crippen MR) is 80.4 cm³/mol. The molecule has 0 spiro atoms. The number of aromatic nitrogens is 2. The van der Waals surface area contributed by atoms with Gasteiger partial charge in [-0.3, -0.25) is 4.68 Å². The van der Waals surface area contributed by atoms with Gasteiger partial charge in [-0.2, -0.15) is 5.10 Å². The molecule has 0 saturated heterocycles. The molecule has 0 aliphatic heterocycles. The van der Waals surface area contributed by atoms with E-state index in [1.54, 1.807) is 17.8 Å².